The molecule has 0 unspecified atom stereocenters. The second-order valence-electron chi connectivity index (χ2n) is 2.62. The fourth-order valence-corrected chi connectivity index (χ4v) is 0.957. The lowest BCUT2D eigenvalue weighted by Crippen LogP contribution is -1.76. The highest BCUT2D eigenvalue weighted by atomic mass is 13.9. The summed E-state index contributed by atoms with van der Waals surface area (Å²) in [4.78, 5) is 0. The molecule has 0 saturated heterocycles. The Balaban J connectivity index is 2.60. The summed E-state index contributed by atoms with van der Waals surface area (Å²) in [6.45, 7) is 6.05. The van der Waals surface area contributed by atoms with E-state index in [1.807, 2.05) is 0 Å². The highest BCUT2D eigenvalue weighted by Gasteiger charge is 1.88. The highest BCUT2D eigenvalue weighted by molar-refractivity contribution is 4.44. The maximum atomic E-state index is 3.80. The molecular weight excluding hydrogens is 108 g/mol. The Morgan fingerprint density at radius 2 is 1.44 bits per heavy atom. The van der Waals surface area contributed by atoms with E-state index in [1.54, 1.807) is 0 Å². The fourth-order valence-electron chi connectivity index (χ4n) is 0.957. The molecule has 0 N–H and O–H groups in total. The van der Waals surface area contributed by atoms with Crippen LogP contribution in [0, 0.1) is 6.92 Å². The monoisotopic (exact) mass is 127 g/mol. The van der Waals surface area contributed by atoms with Crippen LogP contribution in [0.1, 0.15) is 51.9 Å². The Labute approximate surface area is 59.7 Å². The fraction of sp³-hybridized carbons (Fsp3) is 0.889. The number of rotatable bonds is 6. The molecule has 0 fully saturated rings. The van der Waals surface area contributed by atoms with Crippen LogP contribution in [-0.2, 0) is 0 Å². The van der Waals surface area contributed by atoms with E-state index in [2.05, 4.69) is 13.8 Å². The normalized spacial score (nSPS) is 9.89. The molecule has 0 aliphatic heterocycles. The van der Waals surface area contributed by atoms with Crippen molar-refractivity contribution < 1.29 is 0 Å². The molecule has 0 bridgehead atoms. The molecule has 54 valence electrons. The Morgan fingerprint density at radius 3 is 2.00 bits per heavy atom. The summed E-state index contributed by atoms with van der Waals surface area (Å²) in [6, 6.07) is 0. The molecule has 0 aromatic heterocycles. The van der Waals surface area contributed by atoms with Crippen molar-refractivity contribution in [2.45, 2.75) is 51.9 Å². The van der Waals surface area contributed by atoms with E-state index in [9.17, 15) is 0 Å². The van der Waals surface area contributed by atoms with Crippen molar-refractivity contribution in [2.24, 2.45) is 0 Å². The molecular formula is C9H19+. The van der Waals surface area contributed by atoms with Crippen molar-refractivity contribution in [2.75, 3.05) is 0 Å². The number of unbranched alkanes of at least 4 members (excludes halogenated alkanes) is 6. The van der Waals surface area contributed by atoms with E-state index in [1.165, 1.54) is 38.5 Å². The first-order valence-electron chi connectivity index (χ1n) is 4.21. The topological polar surface area (TPSA) is 0 Å². The van der Waals surface area contributed by atoms with Crippen molar-refractivity contribution in [1.29, 1.82) is 0 Å². The number of hydrogen-bond donors (Lipinski definition) is 0. The average Bonchev–Trinajstić information content (AvgIpc) is 1.89. The third kappa shape index (κ3) is 7.87. The van der Waals surface area contributed by atoms with Crippen molar-refractivity contribution >= 4 is 0 Å². The van der Waals surface area contributed by atoms with Crippen molar-refractivity contribution in [3.05, 3.63) is 6.92 Å². The first-order chi connectivity index (χ1) is 4.41. The van der Waals surface area contributed by atoms with Gasteiger partial charge in [-0.25, -0.2) is 0 Å². The zero-order valence-corrected chi connectivity index (χ0v) is 6.66. The van der Waals surface area contributed by atoms with Gasteiger partial charge in [0.25, 0.3) is 0 Å². The van der Waals surface area contributed by atoms with Gasteiger partial charge in [0.05, 0.1) is 13.3 Å². The first-order valence-corrected chi connectivity index (χ1v) is 4.21. The van der Waals surface area contributed by atoms with Crippen LogP contribution in [0.25, 0.3) is 0 Å². The van der Waals surface area contributed by atoms with Crippen molar-refractivity contribution in [3.8, 4) is 0 Å². The summed E-state index contributed by atoms with van der Waals surface area (Å²) >= 11 is 0. The van der Waals surface area contributed by atoms with E-state index >= 15 is 0 Å². The summed E-state index contributed by atoms with van der Waals surface area (Å²) in [7, 11) is 0. The minimum absolute atomic E-state index is 1.12. The third-order valence-electron chi connectivity index (χ3n) is 1.60. The first kappa shape index (κ1) is 8.87. The van der Waals surface area contributed by atoms with Crippen LogP contribution in [0.5, 0.6) is 0 Å². The zero-order valence-electron chi connectivity index (χ0n) is 6.66. The van der Waals surface area contributed by atoms with E-state index < -0.39 is 0 Å². The lowest BCUT2D eigenvalue weighted by molar-refractivity contribution is 0.611. The Hall–Kier alpha value is -0.130. The summed E-state index contributed by atoms with van der Waals surface area (Å²) in [5.74, 6) is 0. The second kappa shape index (κ2) is 7.87. The summed E-state index contributed by atoms with van der Waals surface area (Å²) in [5, 5.41) is 0. The molecule has 0 aliphatic carbocycles. The van der Waals surface area contributed by atoms with Gasteiger partial charge < -0.3 is 0 Å². The SMILES string of the molecule is [CH2+]CCCCCCCC. The summed E-state index contributed by atoms with van der Waals surface area (Å²) < 4.78 is 0. The lowest BCUT2D eigenvalue weighted by Gasteiger charge is -1.94. The molecule has 0 heteroatoms. The van der Waals surface area contributed by atoms with Crippen LogP contribution in [-0.4, -0.2) is 0 Å². The lowest BCUT2D eigenvalue weighted by atomic mass is 10.1. The van der Waals surface area contributed by atoms with E-state index in [4.69, 9.17) is 0 Å². The molecule has 0 amide bonds. The van der Waals surface area contributed by atoms with Crippen LogP contribution in [0.4, 0.5) is 0 Å². The Morgan fingerprint density at radius 1 is 0.889 bits per heavy atom. The average molecular weight is 127 g/mol. The predicted octanol–water partition coefficient (Wildman–Crippen LogP) is 3.57. The molecule has 0 saturated carbocycles. The van der Waals surface area contributed by atoms with E-state index in [0.29, 0.717) is 0 Å². The van der Waals surface area contributed by atoms with Crippen molar-refractivity contribution in [3.63, 3.8) is 0 Å². The second-order valence-corrected chi connectivity index (χ2v) is 2.62. The molecule has 0 aromatic carbocycles. The Kier molecular flexibility index (Phi) is 7.76. The molecule has 0 nitrogen and oxygen atoms in total. The molecule has 9 heavy (non-hydrogen) atoms. The zero-order chi connectivity index (χ0) is 6.95. The van der Waals surface area contributed by atoms with Gasteiger partial charge in [-0.2, -0.15) is 0 Å². The van der Waals surface area contributed by atoms with Gasteiger partial charge in [-0.15, -0.1) is 0 Å². The maximum Gasteiger partial charge on any atom is 0.0850 e. The molecule has 0 rings (SSSR count). The highest BCUT2D eigenvalue weighted by Crippen LogP contribution is 2.05. The largest absolute Gasteiger partial charge is 0.0850 e. The van der Waals surface area contributed by atoms with Gasteiger partial charge >= 0.3 is 0 Å². The van der Waals surface area contributed by atoms with Gasteiger partial charge in [-0.05, 0) is 12.8 Å². The van der Waals surface area contributed by atoms with Gasteiger partial charge in [0, 0.05) is 0 Å². The quantitative estimate of drug-likeness (QED) is 0.378. The Bertz CT molecular complexity index is 33.3. The molecule has 0 atom stereocenters. The van der Waals surface area contributed by atoms with Crippen molar-refractivity contribution in [1.82, 2.24) is 0 Å². The predicted molar refractivity (Wildman–Crippen MR) is 43.4 cm³/mol. The van der Waals surface area contributed by atoms with Gasteiger partial charge in [-0.1, -0.05) is 32.6 Å². The van der Waals surface area contributed by atoms with Gasteiger partial charge in [0.2, 0.25) is 0 Å². The van der Waals surface area contributed by atoms with Crippen LogP contribution in [0.3, 0.4) is 0 Å². The van der Waals surface area contributed by atoms with Gasteiger partial charge in [0.1, 0.15) is 0 Å². The van der Waals surface area contributed by atoms with Crippen LogP contribution >= 0.6 is 0 Å². The van der Waals surface area contributed by atoms with Crippen LogP contribution in [0.2, 0.25) is 0 Å². The third-order valence-corrected chi connectivity index (χ3v) is 1.60. The van der Waals surface area contributed by atoms with Crippen LogP contribution in [0.15, 0.2) is 0 Å². The van der Waals surface area contributed by atoms with Gasteiger partial charge in [0.15, 0.2) is 0 Å². The molecule has 0 aromatic rings. The van der Waals surface area contributed by atoms with Gasteiger partial charge in [-0.3, -0.25) is 0 Å². The van der Waals surface area contributed by atoms with E-state index in [-0.39, 0.29) is 0 Å². The molecule has 0 spiro atoms. The van der Waals surface area contributed by atoms with E-state index in [0.717, 1.165) is 6.42 Å². The number of hydrogen-bond acceptors (Lipinski definition) is 0. The molecule has 0 aliphatic rings. The minimum atomic E-state index is 1.12. The standard InChI is InChI=1S/C9H19/c1-3-5-7-9-8-6-4-2/h1,3-9H2,2H3/q+1. The molecule has 0 heterocycles. The summed E-state index contributed by atoms with van der Waals surface area (Å²) in [6.07, 6.45) is 9.45. The summed E-state index contributed by atoms with van der Waals surface area (Å²) in [5.41, 5.74) is 0. The molecule has 0 radical (unpaired) electrons. The maximum absolute atomic E-state index is 3.80. The minimum Gasteiger partial charge on any atom is -0.0654 e. The smallest absolute Gasteiger partial charge is 0.0654 e. The van der Waals surface area contributed by atoms with Crippen LogP contribution < -0.4 is 0 Å².